The number of benzene rings is 3. The first-order valence-electron chi connectivity index (χ1n) is 10.9. The van der Waals surface area contributed by atoms with Crippen molar-refractivity contribution in [2.45, 2.75) is 20.4 Å². The quantitative estimate of drug-likeness (QED) is 0.259. The summed E-state index contributed by atoms with van der Waals surface area (Å²) in [6.45, 7) is 5.79. The molecule has 168 valence electrons. The lowest BCUT2D eigenvalue weighted by Gasteiger charge is -2.21. The highest BCUT2D eigenvalue weighted by atomic mass is 16.3. The van der Waals surface area contributed by atoms with Crippen molar-refractivity contribution in [3.8, 4) is 5.75 Å². The molecule has 0 aliphatic heterocycles. The van der Waals surface area contributed by atoms with Crippen molar-refractivity contribution in [1.82, 2.24) is 9.99 Å². The fourth-order valence-electron chi connectivity index (χ4n) is 4.03. The Bertz CT molecular complexity index is 1340. The van der Waals surface area contributed by atoms with Gasteiger partial charge in [0.25, 0.3) is 5.91 Å². The lowest BCUT2D eigenvalue weighted by Crippen LogP contribution is -2.25. The van der Waals surface area contributed by atoms with Crippen LogP contribution in [0.3, 0.4) is 0 Å². The number of anilines is 1. The Hall–Kier alpha value is -4.13. The molecule has 0 radical (unpaired) electrons. The maximum Gasteiger partial charge on any atom is 0.260 e. The first-order valence-corrected chi connectivity index (χ1v) is 10.9. The molecule has 0 aliphatic carbocycles. The molecule has 0 fully saturated rings. The molecule has 4 rings (SSSR count). The molecule has 0 saturated carbocycles. The molecule has 2 N–H and O–H groups in total. The molecule has 0 unspecified atom stereocenters. The number of nitrogens with zero attached hydrogens (tertiary/aromatic N) is 3. The number of phenols is 1. The second-order valence-corrected chi connectivity index (χ2v) is 7.66. The Labute approximate surface area is 191 Å². The summed E-state index contributed by atoms with van der Waals surface area (Å²) in [5.74, 6) is -0.251. The number of aromatic hydroxyl groups is 1. The number of pyridine rings is 1. The van der Waals surface area contributed by atoms with Gasteiger partial charge in [0, 0.05) is 41.2 Å². The number of fused-ring (bicyclic) bond motifs is 2. The summed E-state index contributed by atoms with van der Waals surface area (Å²) in [7, 11) is 0. The first-order chi connectivity index (χ1) is 16.0. The first kappa shape index (κ1) is 22.1. The number of para-hydroxylation sites is 2. The zero-order valence-electron chi connectivity index (χ0n) is 18.7. The molecule has 3 aromatic carbocycles. The van der Waals surface area contributed by atoms with Crippen LogP contribution in [0.1, 0.15) is 19.4 Å². The third-order valence-electron chi connectivity index (χ3n) is 5.72. The number of hydrazone groups is 1. The van der Waals surface area contributed by atoms with Gasteiger partial charge in [-0.15, -0.1) is 0 Å². The van der Waals surface area contributed by atoms with Gasteiger partial charge in [0.2, 0.25) is 0 Å². The van der Waals surface area contributed by atoms with Crippen LogP contribution in [0.2, 0.25) is 0 Å². The second-order valence-electron chi connectivity index (χ2n) is 7.66. The van der Waals surface area contributed by atoms with Crippen LogP contribution in [0.25, 0.3) is 21.8 Å². The number of carbonyl (C=O) groups is 1. The van der Waals surface area contributed by atoms with Crippen molar-refractivity contribution < 1.29 is 9.90 Å². The van der Waals surface area contributed by atoms with Crippen LogP contribution in [-0.2, 0) is 11.3 Å². The van der Waals surface area contributed by atoms with Crippen molar-refractivity contribution in [2.24, 2.45) is 5.10 Å². The van der Waals surface area contributed by atoms with Crippen molar-refractivity contribution in [3.63, 3.8) is 0 Å². The van der Waals surface area contributed by atoms with Crippen LogP contribution in [0.15, 0.2) is 76.6 Å². The number of carbonyl (C=O) groups excluding carboxylic acids is 1. The molecule has 1 aromatic heterocycles. The number of hydrogen-bond donors (Lipinski definition) is 2. The Kier molecular flexibility index (Phi) is 6.40. The van der Waals surface area contributed by atoms with E-state index in [1.165, 1.54) is 6.21 Å². The van der Waals surface area contributed by atoms with E-state index in [9.17, 15) is 14.7 Å². The van der Waals surface area contributed by atoms with Gasteiger partial charge in [-0.2, -0.15) is 5.10 Å². The predicted molar refractivity (Wildman–Crippen MR) is 133 cm³/mol. The highest BCUT2D eigenvalue weighted by molar-refractivity contribution is 5.95. The largest absolute Gasteiger partial charge is 0.507 e. The van der Waals surface area contributed by atoms with E-state index < -0.39 is 0 Å². The minimum absolute atomic E-state index is 0.00841. The second kappa shape index (κ2) is 9.56. The minimum atomic E-state index is -0.343. The third-order valence-corrected chi connectivity index (χ3v) is 5.72. The maximum absolute atomic E-state index is 12.8. The van der Waals surface area contributed by atoms with Crippen LogP contribution in [-0.4, -0.2) is 34.9 Å². The SMILES string of the molecule is CCN(CC)c1ccc(/C=N/NC(=O)Cn2c3ccccc3c(=O)c3ccccc32)c(O)c1. The molecular weight excluding hydrogens is 416 g/mol. The summed E-state index contributed by atoms with van der Waals surface area (Å²) in [5, 5.41) is 15.5. The van der Waals surface area contributed by atoms with Crippen molar-refractivity contribution in [1.29, 1.82) is 0 Å². The smallest absolute Gasteiger partial charge is 0.260 e. The fraction of sp³-hybridized carbons (Fsp3) is 0.192. The van der Waals surface area contributed by atoms with E-state index in [-0.39, 0.29) is 23.6 Å². The maximum atomic E-state index is 12.8. The molecule has 4 aromatic rings. The molecular formula is C26H26N4O3. The van der Waals surface area contributed by atoms with Gasteiger partial charge in [-0.3, -0.25) is 9.59 Å². The molecule has 7 heteroatoms. The van der Waals surface area contributed by atoms with Crippen LogP contribution in [0, 0.1) is 0 Å². The van der Waals surface area contributed by atoms with E-state index in [1.54, 1.807) is 24.3 Å². The van der Waals surface area contributed by atoms with Gasteiger partial charge in [-0.25, -0.2) is 5.43 Å². The van der Waals surface area contributed by atoms with Crippen molar-refractivity contribution in [3.05, 3.63) is 82.5 Å². The molecule has 0 bridgehead atoms. The van der Waals surface area contributed by atoms with Gasteiger partial charge in [-0.05, 0) is 50.2 Å². The van der Waals surface area contributed by atoms with E-state index >= 15 is 0 Å². The minimum Gasteiger partial charge on any atom is -0.507 e. The lowest BCUT2D eigenvalue weighted by atomic mass is 10.1. The number of nitrogens with one attached hydrogen (secondary N) is 1. The standard InChI is InChI=1S/C26H26N4O3/c1-3-29(4-2)19-14-13-18(24(31)15-19)16-27-28-25(32)17-30-22-11-7-5-9-20(22)26(33)21-10-6-8-12-23(21)30/h5-16,31H,3-4,17H2,1-2H3,(H,28,32)/b27-16+. The van der Waals surface area contributed by atoms with Gasteiger partial charge in [-0.1, -0.05) is 24.3 Å². The van der Waals surface area contributed by atoms with E-state index in [0.717, 1.165) is 18.8 Å². The molecule has 0 aliphatic rings. The zero-order chi connectivity index (χ0) is 23.4. The summed E-state index contributed by atoms with van der Waals surface area (Å²) in [6, 6.07) is 19.9. The number of phenolic OH excluding ortho intramolecular Hbond substituents is 1. The van der Waals surface area contributed by atoms with Crippen molar-refractivity contribution in [2.75, 3.05) is 18.0 Å². The fourth-order valence-corrected chi connectivity index (χ4v) is 4.03. The Morgan fingerprint density at radius 1 is 1.00 bits per heavy atom. The van der Waals surface area contributed by atoms with Crippen LogP contribution < -0.4 is 15.8 Å². The highest BCUT2D eigenvalue weighted by Crippen LogP contribution is 2.23. The molecule has 0 atom stereocenters. The third kappa shape index (κ3) is 4.43. The molecule has 1 heterocycles. The molecule has 0 saturated heterocycles. The Morgan fingerprint density at radius 3 is 2.18 bits per heavy atom. The van der Waals surface area contributed by atoms with Gasteiger partial charge in [0.15, 0.2) is 5.43 Å². The average Bonchev–Trinajstić information content (AvgIpc) is 2.84. The normalized spacial score (nSPS) is 11.3. The number of hydrogen-bond acceptors (Lipinski definition) is 5. The van der Waals surface area contributed by atoms with Gasteiger partial charge >= 0.3 is 0 Å². The Balaban J connectivity index is 1.56. The number of aromatic nitrogens is 1. The van der Waals surface area contributed by atoms with Crippen LogP contribution >= 0.6 is 0 Å². The van der Waals surface area contributed by atoms with E-state index in [1.807, 2.05) is 47.0 Å². The number of amides is 1. The average molecular weight is 443 g/mol. The highest BCUT2D eigenvalue weighted by Gasteiger charge is 2.12. The molecule has 1 amide bonds. The van der Waals surface area contributed by atoms with E-state index in [4.69, 9.17) is 0 Å². The molecule has 0 spiro atoms. The predicted octanol–water partition coefficient (Wildman–Crippen LogP) is 3.86. The molecule has 33 heavy (non-hydrogen) atoms. The van der Waals surface area contributed by atoms with Crippen molar-refractivity contribution >= 4 is 39.6 Å². The van der Waals surface area contributed by atoms with E-state index in [2.05, 4.69) is 29.3 Å². The summed E-state index contributed by atoms with van der Waals surface area (Å²) in [4.78, 5) is 27.6. The zero-order valence-corrected chi connectivity index (χ0v) is 18.7. The van der Waals surface area contributed by atoms with E-state index in [0.29, 0.717) is 27.4 Å². The monoisotopic (exact) mass is 442 g/mol. The summed E-state index contributed by atoms with van der Waals surface area (Å²) in [6.07, 6.45) is 1.42. The topological polar surface area (TPSA) is 86.9 Å². The molecule has 7 nitrogen and oxygen atoms in total. The summed E-state index contributed by atoms with van der Waals surface area (Å²) < 4.78 is 1.81. The van der Waals surface area contributed by atoms with Gasteiger partial charge in [0.05, 0.1) is 17.2 Å². The lowest BCUT2D eigenvalue weighted by molar-refractivity contribution is -0.121. The van der Waals surface area contributed by atoms with Gasteiger partial charge < -0.3 is 14.6 Å². The van der Waals surface area contributed by atoms with Gasteiger partial charge in [0.1, 0.15) is 12.3 Å². The van der Waals surface area contributed by atoms with Crippen LogP contribution in [0.5, 0.6) is 5.75 Å². The summed E-state index contributed by atoms with van der Waals surface area (Å²) >= 11 is 0. The Morgan fingerprint density at radius 2 is 1.61 bits per heavy atom. The number of rotatable bonds is 7. The van der Waals surface area contributed by atoms with Crippen LogP contribution in [0.4, 0.5) is 5.69 Å². The summed E-state index contributed by atoms with van der Waals surface area (Å²) in [5.41, 5.74) is 5.27.